The van der Waals surface area contributed by atoms with Gasteiger partial charge in [0.1, 0.15) is 11.6 Å². The molecule has 3 heteroatoms. The molecule has 0 N–H and O–H groups in total. The predicted molar refractivity (Wildman–Crippen MR) is 93.2 cm³/mol. The highest BCUT2D eigenvalue weighted by atomic mass is 19.1. The predicted octanol–water partition coefficient (Wildman–Crippen LogP) is 5.75. The Bertz CT molecular complexity index is 525. The van der Waals surface area contributed by atoms with E-state index in [4.69, 9.17) is 4.74 Å². The van der Waals surface area contributed by atoms with Crippen molar-refractivity contribution in [2.45, 2.75) is 64.7 Å². The zero-order valence-electron chi connectivity index (χ0n) is 14.7. The zero-order chi connectivity index (χ0) is 16.9. The summed E-state index contributed by atoms with van der Waals surface area (Å²) in [6, 6.07) is 5.67. The molecule has 1 aromatic rings. The highest BCUT2D eigenvalue weighted by molar-refractivity contribution is 5.75. The second-order valence-electron chi connectivity index (χ2n) is 7.78. The van der Waals surface area contributed by atoms with E-state index in [1.54, 1.807) is 0 Å². The van der Waals surface area contributed by atoms with Crippen molar-refractivity contribution in [3.63, 3.8) is 0 Å². The first kappa shape index (κ1) is 17.4. The Morgan fingerprint density at radius 2 is 1.62 bits per heavy atom. The van der Waals surface area contributed by atoms with Crippen LogP contribution in [-0.4, -0.2) is 5.97 Å². The lowest BCUT2D eigenvalue weighted by molar-refractivity contribution is -0.140. The molecule has 0 spiro atoms. The maximum atomic E-state index is 12.9. The number of hydrogen-bond donors (Lipinski definition) is 0. The Hall–Kier alpha value is -1.38. The smallest absolute Gasteiger partial charge is 0.314 e. The summed E-state index contributed by atoms with van der Waals surface area (Å²) in [4.78, 5) is 12.2. The summed E-state index contributed by atoms with van der Waals surface area (Å²) in [5.41, 5.74) is 0. The molecule has 0 aromatic heterocycles. The Labute approximate surface area is 144 Å². The number of ether oxygens (including phenoxy) is 1. The monoisotopic (exact) mass is 332 g/mol. The van der Waals surface area contributed by atoms with Crippen LogP contribution in [0.25, 0.3) is 0 Å². The second kappa shape index (κ2) is 8.13. The summed E-state index contributed by atoms with van der Waals surface area (Å²) < 4.78 is 18.3. The molecule has 0 radical (unpaired) electrons. The highest BCUT2D eigenvalue weighted by Gasteiger charge is 2.30. The molecule has 0 atom stereocenters. The van der Waals surface area contributed by atoms with E-state index < -0.39 is 0 Å². The second-order valence-corrected chi connectivity index (χ2v) is 7.78. The van der Waals surface area contributed by atoms with Gasteiger partial charge in [0.05, 0.1) is 5.92 Å². The van der Waals surface area contributed by atoms with E-state index >= 15 is 0 Å². The Balaban J connectivity index is 1.35. The molecule has 24 heavy (non-hydrogen) atoms. The van der Waals surface area contributed by atoms with Crippen LogP contribution in [0.1, 0.15) is 64.7 Å². The molecule has 0 bridgehead atoms. The minimum Gasteiger partial charge on any atom is -0.426 e. The lowest BCUT2D eigenvalue weighted by Crippen LogP contribution is -2.27. The number of benzene rings is 1. The Morgan fingerprint density at radius 1 is 1.00 bits per heavy atom. The van der Waals surface area contributed by atoms with Crippen LogP contribution < -0.4 is 4.74 Å². The molecule has 3 rings (SSSR count). The lowest BCUT2D eigenvalue weighted by atomic mass is 9.70. The number of esters is 1. The van der Waals surface area contributed by atoms with Gasteiger partial charge in [0.15, 0.2) is 0 Å². The van der Waals surface area contributed by atoms with E-state index in [0.717, 1.165) is 43.4 Å². The topological polar surface area (TPSA) is 26.3 Å². The molecule has 0 amide bonds. The molecule has 2 aliphatic carbocycles. The molecule has 2 aliphatic rings. The van der Waals surface area contributed by atoms with Gasteiger partial charge in [-0.3, -0.25) is 4.79 Å². The van der Waals surface area contributed by atoms with Crippen molar-refractivity contribution in [1.82, 2.24) is 0 Å². The molecule has 0 aliphatic heterocycles. The van der Waals surface area contributed by atoms with Crippen LogP contribution in [0.15, 0.2) is 24.3 Å². The molecular formula is C21H29FO2. The Kier molecular flexibility index (Phi) is 5.91. The maximum absolute atomic E-state index is 12.9. The van der Waals surface area contributed by atoms with Gasteiger partial charge in [-0.05, 0) is 80.5 Å². The van der Waals surface area contributed by atoms with E-state index in [9.17, 15) is 9.18 Å². The third-order valence-electron chi connectivity index (χ3n) is 6.11. The molecule has 2 nitrogen and oxygen atoms in total. The third kappa shape index (κ3) is 4.58. The number of halogens is 1. The van der Waals surface area contributed by atoms with Gasteiger partial charge >= 0.3 is 5.97 Å². The number of rotatable bonds is 6. The van der Waals surface area contributed by atoms with Crippen molar-refractivity contribution in [2.24, 2.45) is 23.7 Å². The van der Waals surface area contributed by atoms with Crippen molar-refractivity contribution in [3.8, 4) is 5.75 Å². The van der Waals surface area contributed by atoms with Crippen LogP contribution in [0.2, 0.25) is 0 Å². The fourth-order valence-corrected chi connectivity index (χ4v) is 4.30. The van der Waals surface area contributed by atoms with Crippen molar-refractivity contribution >= 4 is 5.97 Å². The first-order valence-corrected chi connectivity index (χ1v) is 9.61. The number of hydrogen-bond acceptors (Lipinski definition) is 2. The first-order valence-electron chi connectivity index (χ1n) is 9.61. The molecule has 0 saturated heterocycles. The molecule has 1 aromatic carbocycles. The molecule has 0 heterocycles. The quantitative estimate of drug-likeness (QED) is 0.489. The summed E-state index contributed by atoms with van der Waals surface area (Å²) in [6.07, 6.45) is 11.1. The average Bonchev–Trinajstić information content (AvgIpc) is 2.56. The lowest BCUT2D eigenvalue weighted by Gasteiger charge is -2.36. The molecule has 2 fully saturated rings. The van der Waals surface area contributed by atoms with Crippen molar-refractivity contribution in [3.05, 3.63) is 30.1 Å². The van der Waals surface area contributed by atoms with Crippen LogP contribution in [0.5, 0.6) is 5.75 Å². The average molecular weight is 332 g/mol. The summed E-state index contributed by atoms with van der Waals surface area (Å²) in [5, 5.41) is 0. The summed E-state index contributed by atoms with van der Waals surface area (Å²) >= 11 is 0. The van der Waals surface area contributed by atoms with Crippen LogP contribution in [-0.2, 0) is 4.79 Å². The largest absolute Gasteiger partial charge is 0.426 e. The Morgan fingerprint density at radius 3 is 2.25 bits per heavy atom. The minimum atomic E-state index is -0.313. The van der Waals surface area contributed by atoms with Gasteiger partial charge in [-0.15, -0.1) is 0 Å². The van der Waals surface area contributed by atoms with E-state index in [-0.39, 0.29) is 17.7 Å². The van der Waals surface area contributed by atoms with E-state index in [2.05, 4.69) is 6.92 Å². The third-order valence-corrected chi connectivity index (χ3v) is 6.11. The molecular weight excluding hydrogens is 303 g/mol. The molecule has 132 valence electrons. The summed E-state index contributed by atoms with van der Waals surface area (Å²) in [6.45, 7) is 2.30. The van der Waals surface area contributed by atoms with Crippen LogP contribution in [0, 0.1) is 29.5 Å². The first-order chi connectivity index (χ1) is 11.6. The van der Waals surface area contributed by atoms with Crippen LogP contribution >= 0.6 is 0 Å². The van der Waals surface area contributed by atoms with E-state index in [1.807, 2.05) is 0 Å². The number of carbonyl (C=O) groups excluding carboxylic acids is 1. The molecule has 0 unspecified atom stereocenters. The minimum absolute atomic E-state index is 0.0134. The van der Waals surface area contributed by atoms with Crippen molar-refractivity contribution in [1.29, 1.82) is 0 Å². The fraction of sp³-hybridized carbons (Fsp3) is 0.667. The normalized spacial score (nSPS) is 29.8. The summed E-state index contributed by atoms with van der Waals surface area (Å²) in [5.74, 6) is 2.75. The standard InChI is InChI=1S/C21H29FO2/c1-2-15-13-17(14-15)4-3-16-5-7-18(8-6-16)21(23)24-20-11-9-19(22)10-12-20/h9-12,15-18H,2-8,13-14H2,1H3. The van der Waals surface area contributed by atoms with Crippen molar-refractivity contribution in [2.75, 3.05) is 0 Å². The van der Waals surface area contributed by atoms with Gasteiger partial charge < -0.3 is 4.74 Å². The van der Waals surface area contributed by atoms with Gasteiger partial charge in [-0.1, -0.05) is 26.2 Å². The maximum Gasteiger partial charge on any atom is 0.314 e. The van der Waals surface area contributed by atoms with Crippen LogP contribution in [0.3, 0.4) is 0 Å². The van der Waals surface area contributed by atoms with Gasteiger partial charge in [0.2, 0.25) is 0 Å². The highest BCUT2D eigenvalue weighted by Crippen LogP contribution is 2.41. The van der Waals surface area contributed by atoms with Gasteiger partial charge in [-0.25, -0.2) is 4.39 Å². The zero-order valence-corrected chi connectivity index (χ0v) is 14.7. The SMILES string of the molecule is CCC1CC(CCC2CCC(C(=O)Oc3ccc(F)cc3)CC2)C1. The van der Waals surface area contributed by atoms with Gasteiger partial charge in [0, 0.05) is 0 Å². The van der Waals surface area contributed by atoms with E-state index in [0.29, 0.717) is 5.75 Å². The van der Waals surface area contributed by atoms with Crippen LogP contribution in [0.4, 0.5) is 4.39 Å². The summed E-state index contributed by atoms with van der Waals surface area (Å²) in [7, 11) is 0. The van der Waals surface area contributed by atoms with Gasteiger partial charge in [-0.2, -0.15) is 0 Å². The van der Waals surface area contributed by atoms with Gasteiger partial charge in [0.25, 0.3) is 0 Å². The number of carbonyl (C=O) groups is 1. The van der Waals surface area contributed by atoms with E-state index in [1.165, 1.54) is 56.4 Å². The van der Waals surface area contributed by atoms with Crippen molar-refractivity contribution < 1.29 is 13.9 Å². The fourth-order valence-electron chi connectivity index (χ4n) is 4.30. The molecule has 2 saturated carbocycles.